The van der Waals surface area contributed by atoms with Gasteiger partial charge in [-0.15, -0.1) is 0 Å². The molecular formula is C11H8F2N2O. The summed E-state index contributed by atoms with van der Waals surface area (Å²) in [5.74, 6) is -1.61. The quantitative estimate of drug-likeness (QED) is 0.849. The first-order valence-corrected chi connectivity index (χ1v) is 4.50. The third kappa shape index (κ3) is 2.08. The van der Waals surface area contributed by atoms with Crippen molar-refractivity contribution in [2.45, 2.75) is 0 Å². The Kier molecular flexibility index (Phi) is 2.68. The first kappa shape index (κ1) is 10.4. The minimum absolute atomic E-state index is 0.143. The largest absolute Gasteiger partial charge is 0.437 e. The molecule has 0 fully saturated rings. The Labute approximate surface area is 90.5 Å². The summed E-state index contributed by atoms with van der Waals surface area (Å²) in [4.78, 5) is 3.86. The maximum atomic E-state index is 12.9. The molecule has 1 heterocycles. The number of pyridine rings is 1. The number of hydrogen-bond donors (Lipinski definition) is 1. The number of nitrogens with two attached hydrogens (primary N) is 1. The molecule has 2 rings (SSSR count). The zero-order valence-corrected chi connectivity index (χ0v) is 8.15. The van der Waals surface area contributed by atoms with Crippen molar-refractivity contribution in [1.29, 1.82) is 0 Å². The molecule has 0 atom stereocenters. The van der Waals surface area contributed by atoms with Gasteiger partial charge in [0.1, 0.15) is 5.75 Å². The highest BCUT2D eigenvalue weighted by atomic mass is 19.2. The summed E-state index contributed by atoms with van der Waals surface area (Å²) in [6.07, 6.45) is 1.49. The molecule has 0 aliphatic rings. The minimum Gasteiger partial charge on any atom is -0.437 e. The molecule has 5 heteroatoms. The third-order valence-corrected chi connectivity index (χ3v) is 1.91. The lowest BCUT2D eigenvalue weighted by atomic mass is 10.3. The summed E-state index contributed by atoms with van der Waals surface area (Å²) in [6, 6.07) is 6.45. The number of benzene rings is 1. The van der Waals surface area contributed by atoms with Crippen LogP contribution in [0.4, 0.5) is 14.5 Å². The molecule has 2 aromatic rings. The summed E-state index contributed by atoms with van der Waals surface area (Å²) in [7, 11) is 0. The Bertz CT molecular complexity index is 517. The molecular weight excluding hydrogens is 214 g/mol. The highest BCUT2D eigenvalue weighted by Crippen LogP contribution is 2.25. The second kappa shape index (κ2) is 4.14. The van der Waals surface area contributed by atoms with Gasteiger partial charge < -0.3 is 10.5 Å². The minimum atomic E-state index is -0.980. The zero-order valence-electron chi connectivity index (χ0n) is 8.15. The number of hydrogen-bond acceptors (Lipinski definition) is 3. The average molecular weight is 222 g/mol. The van der Waals surface area contributed by atoms with E-state index in [4.69, 9.17) is 10.5 Å². The molecule has 0 radical (unpaired) electrons. The molecule has 0 aliphatic heterocycles. The van der Waals surface area contributed by atoms with Gasteiger partial charge in [-0.2, -0.15) is 0 Å². The van der Waals surface area contributed by atoms with Crippen LogP contribution >= 0.6 is 0 Å². The van der Waals surface area contributed by atoms with Crippen molar-refractivity contribution in [1.82, 2.24) is 4.98 Å². The van der Waals surface area contributed by atoms with Crippen LogP contribution in [-0.4, -0.2) is 4.98 Å². The molecule has 82 valence electrons. The summed E-state index contributed by atoms with van der Waals surface area (Å²) in [6.45, 7) is 0. The number of anilines is 1. The van der Waals surface area contributed by atoms with Gasteiger partial charge in [0.2, 0.25) is 5.88 Å². The lowest BCUT2D eigenvalue weighted by molar-refractivity contribution is 0.449. The highest BCUT2D eigenvalue weighted by Gasteiger charge is 2.06. The fourth-order valence-corrected chi connectivity index (χ4v) is 1.14. The maximum Gasteiger partial charge on any atom is 0.242 e. The molecule has 2 N–H and O–H groups in total. The van der Waals surface area contributed by atoms with E-state index < -0.39 is 11.6 Å². The number of aromatic nitrogens is 1. The van der Waals surface area contributed by atoms with Crippen molar-refractivity contribution in [2.75, 3.05) is 5.73 Å². The fourth-order valence-electron chi connectivity index (χ4n) is 1.14. The van der Waals surface area contributed by atoms with Crippen molar-refractivity contribution in [3.63, 3.8) is 0 Å². The molecule has 0 unspecified atom stereocenters. The van der Waals surface area contributed by atoms with Gasteiger partial charge in [0.25, 0.3) is 0 Å². The Morgan fingerprint density at radius 2 is 1.94 bits per heavy atom. The molecule has 16 heavy (non-hydrogen) atoms. The van der Waals surface area contributed by atoms with Crippen LogP contribution in [0.2, 0.25) is 0 Å². The van der Waals surface area contributed by atoms with Gasteiger partial charge in [-0.1, -0.05) is 0 Å². The Hall–Kier alpha value is -2.17. The van der Waals surface area contributed by atoms with Gasteiger partial charge in [-0.25, -0.2) is 13.8 Å². The van der Waals surface area contributed by atoms with Crippen LogP contribution in [0.25, 0.3) is 0 Å². The summed E-state index contributed by atoms with van der Waals surface area (Å²) < 4.78 is 30.7. The van der Waals surface area contributed by atoms with Crippen LogP contribution in [0.3, 0.4) is 0 Å². The predicted octanol–water partition coefficient (Wildman–Crippen LogP) is 2.73. The zero-order chi connectivity index (χ0) is 11.5. The lowest BCUT2D eigenvalue weighted by Crippen LogP contribution is -1.95. The van der Waals surface area contributed by atoms with Crippen molar-refractivity contribution >= 4 is 5.69 Å². The van der Waals surface area contributed by atoms with Gasteiger partial charge in [0.05, 0.1) is 5.69 Å². The van der Waals surface area contributed by atoms with Crippen LogP contribution in [0.15, 0.2) is 36.5 Å². The van der Waals surface area contributed by atoms with E-state index in [0.717, 1.165) is 12.1 Å². The summed E-state index contributed by atoms with van der Waals surface area (Å²) in [5.41, 5.74) is 5.91. The van der Waals surface area contributed by atoms with E-state index in [0.29, 0.717) is 5.69 Å². The molecule has 0 saturated carbocycles. The van der Waals surface area contributed by atoms with Crippen LogP contribution in [0.1, 0.15) is 0 Å². The number of halogens is 2. The normalized spacial score (nSPS) is 10.1. The van der Waals surface area contributed by atoms with Gasteiger partial charge >= 0.3 is 0 Å². The van der Waals surface area contributed by atoms with Crippen LogP contribution in [0, 0.1) is 11.6 Å². The van der Waals surface area contributed by atoms with Crippen LogP contribution < -0.4 is 10.5 Å². The smallest absolute Gasteiger partial charge is 0.242 e. The topological polar surface area (TPSA) is 48.1 Å². The standard InChI is InChI=1S/C11H8F2N2O/c12-8-4-3-7(6-9(8)13)16-11-10(14)2-1-5-15-11/h1-6H,14H2. The highest BCUT2D eigenvalue weighted by molar-refractivity contribution is 5.48. The predicted molar refractivity (Wildman–Crippen MR) is 55.1 cm³/mol. The second-order valence-corrected chi connectivity index (χ2v) is 3.08. The number of nitrogens with zero attached hydrogens (tertiary/aromatic N) is 1. The Morgan fingerprint density at radius 3 is 2.62 bits per heavy atom. The summed E-state index contributed by atoms with van der Waals surface area (Å²) >= 11 is 0. The van der Waals surface area contributed by atoms with E-state index in [1.807, 2.05) is 0 Å². The molecule has 1 aromatic heterocycles. The van der Waals surface area contributed by atoms with Gasteiger partial charge in [-0.05, 0) is 24.3 Å². The molecule has 0 spiro atoms. The first-order chi connectivity index (χ1) is 7.66. The number of rotatable bonds is 2. The third-order valence-electron chi connectivity index (χ3n) is 1.91. The molecule has 0 aliphatic carbocycles. The van der Waals surface area contributed by atoms with E-state index in [9.17, 15) is 8.78 Å². The number of ether oxygens (including phenoxy) is 1. The van der Waals surface area contributed by atoms with Crippen molar-refractivity contribution in [3.8, 4) is 11.6 Å². The van der Waals surface area contributed by atoms with Crippen molar-refractivity contribution in [2.24, 2.45) is 0 Å². The van der Waals surface area contributed by atoms with E-state index in [1.165, 1.54) is 12.3 Å². The second-order valence-electron chi connectivity index (χ2n) is 3.08. The molecule has 0 bridgehead atoms. The maximum absolute atomic E-state index is 12.9. The van der Waals surface area contributed by atoms with Crippen molar-refractivity contribution in [3.05, 3.63) is 48.2 Å². The van der Waals surface area contributed by atoms with Crippen LogP contribution in [-0.2, 0) is 0 Å². The van der Waals surface area contributed by atoms with E-state index in [-0.39, 0.29) is 11.6 Å². The van der Waals surface area contributed by atoms with Crippen LogP contribution in [0.5, 0.6) is 11.6 Å². The Morgan fingerprint density at radius 1 is 1.12 bits per heavy atom. The molecule has 3 nitrogen and oxygen atoms in total. The SMILES string of the molecule is Nc1cccnc1Oc1ccc(F)c(F)c1. The van der Waals surface area contributed by atoms with Gasteiger partial charge in [0.15, 0.2) is 11.6 Å². The first-order valence-electron chi connectivity index (χ1n) is 4.50. The lowest BCUT2D eigenvalue weighted by Gasteiger charge is -2.06. The van der Waals surface area contributed by atoms with E-state index >= 15 is 0 Å². The van der Waals surface area contributed by atoms with Gasteiger partial charge in [-0.3, -0.25) is 0 Å². The van der Waals surface area contributed by atoms with E-state index in [1.54, 1.807) is 12.1 Å². The molecule has 0 saturated heterocycles. The Balaban J connectivity index is 2.28. The molecule has 1 aromatic carbocycles. The molecule has 0 amide bonds. The van der Waals surface area contributed by atoms with E-state index in [2.05, 4.69) is 4.98 Å². The monoisotopic (exact) mass is 222 g/mol. The number of nitrogen functional groups attached to an aromatic ring is 1. The fraction of sp³-hybridized carbons (Fsp3) is 0. The average Bonchev–Trinajstić information content (AvgIpc) is 2.27. The van der Waals surface area contributed by atoms with Gasteiger partial charge in [0, 0.05) is 12.3 Å². The van der Waals surface area contributed by atoms with Crippen molar-refractivity contribution < 1.29 is 13.5 Å². The summed E-state index contributed by atoms with van der Waals surface area (Å²) in [5, 5.41) is 0.